The molecule has 7 heteroatoms. The Morgan fingerprint density at radius 1 is 1.24 bits per heavy atom. The normalized spacial score (nSPS) is 20.8. The first kappa shape index (κ1) is 18.5. The van der Waals surface area contributed by atoms with Crippen molar-refractivity contribution < 1.29 is 17.6 Å². The number of amides is 1. The molecule has 1 N–H and O–H groups in total. The zero-order valence-corrected chi connectivity index (χ0v) is 15.5. The summed E-state index contributed by atoms with van der Waals surface area (Å²) in [6, 6.07) is 3.81. The Balaban J connectivity index is 1.49. The predicted molar refractivity (Wildman–Crippen MR) is 95.9 cm³/mol. The van der Waals surface area contributed by atoms with Gasteiger partial charge in [0.25, 0.3) is 0 Å². The SMILES string of the molecule is O=C(CCS(=O)(=O)C1CCCC1)NCC(c1ccco1)N1CCCC1. The number of nitrogens with zero attached hydrogens (tertiary/aromatic N) is 1. The van der Waals surface area contributed by atoms with Crippen molar-refractivity contribution in [3.05, 3.63) is 24.2 Å². The van der Waals surface area contributed by atoms with Crippen molar-refractivity contribution in [1.29, 1.82) is 0 Å². The quantitative estimate of drug-likeness (QED) is 0.761. The number of rotatable bonds is 8. The lowest BCUT2D eigenvalue weighted by atomic mass is 10.2. The summed E-state index contributed by atoms with van der Waals surface area (Å²) in [5.74, 6) is 0.608. The molecule has 2 aliphatic rings. The van der Waals surface area contributed by atoms with Gasteiger partial charge < -0.3 is 9.73 Å². The molecule has 1 aromatic heterocycles. The third-order valence-electron chi connectivity index (χ3n) is 5.37. The Hall–Kier alpha value is -1.34. The molecule has 2 fully saturated rings. The van der Waals surface area contributed by atoms with E-state index in [9.17, 15) is 13.2 Å². The fraction of sp³-hybridized carbons (Fsp3) is 0.722. The first-order valence-electron chi connectivity index (χ1n) is 9.32. The van der Waals surface area contributed by atoms with Crippen molar-refractivity contribution in [2.45, 2.75) is 56.2 Å². The predicted octanol–water partition coefficient (Wildman–Crippen LogP) is 2.28. The molecule has 1 unspecified atom stereocenters. The highest BCUT2D eigenvalue weighted by molar-refractivity contribution is 7.92. The Morgan fingerprint density at radius 2 is 1.96 bits per heavy atom. The summed E-state index contributed by atoms with van der Waals surface area (Å²) >= 11 is 0. The molecule has 0 radical (unpaired) electrons. The van der Waals surface area contributed by atoms with Crippen LogP contribution < -0.4 is 5.32 Å². The topological polar surface area (TPSA) is 79.6 Å². The number of furan rings is 1. The lowest BCUT2D eigenvalue weighted by molar-refractivity contribution is -0.121. The van der Waals surface area contributed by atoms with Gasteiger partial charge in [-0.15, -0.1) is 0 Å². The second-order valence-corrected chi connectivity index (χ2v) is 9.50. The van der Waals surface area contributed by atoms with Crippen molar-refractivity contribution in [2.24, 2.45) is 0 Å². The Morgan fingerprint density at radius 3 is 2.60 bits per heavy atom. The van der Waals surface area contributed by atoms with Crippen LogP contribution >= 0.6 is 0 Å². The zero-order chi connectivity index (χ0) is 17.7. The molecular weight excluding hydrogens is 340 g/mol. The summed E-state index contributed by atoms with van der Waals surface area (Å²) < 4.78 is 30.1. The van der Waals surface area contributed by atoms with Crippen LogP contribution in [0.25, 0.3) is 0 Å². The fourth-order valence-electron chi connectivity index (χ4n) is 3.89. The third-order valence-corrected chi connectivity index (χ3v) is 7.63. The minimum Gasteiger partial charge on any atom is -0.468 e. The van der Waals surface area contributed by atoms with Gasteiger partial charge in [0, 0.05) is 13.0 Å². The van der Waals surface area contributed by atoms with Crippen LogP contribution in [0.4, 0.5) is 0 Å². The van der Waals surface area contributed by atoms with Crippen molar-refractivity contribution in [2.75, 3.05) is 25.4 Å². The van der Waals surface area contributed by atoms with E-state index in [1.807, 2.05) is 12.1 Å². The molecule has 3 rings (SSSR count). The van der Waals surface area contributed by atoms with Gasteiger partial charge in [0.2, 0.25) is 5.91 Å². The number of hydrogen-bond acceptors (Lipinski definition) is 5. The van der Waals surface area contributed by atoms with Gasteiger partial charge >= 0.3 is 0 Å². The van der Waals surface area contributed by atoms with Gasteiger partial charge in [-0.25, -0.2) is 8.42 Å². The maximum atomic E-state index is 12.3. The smallest absolute Gasteiger partial charge is 0.221 e. The molecular formula is C18H28N2O4S. The average Bonchev–Trinajstić information content (AvgIpc) is 3.35. The van der Waals surface area contributed by atoms with Crippen LogP contribution in [0.15, 0.2) is 22.8 Å². The molecule has 1 saturated carbocycles. The highest BCUT2D eigenvalue weighted by Crippen LogP contribution is 2.26. The monoisotopic (exact) mass is 368 g/mol. The maximum Gasteiger partial charge on any atom is 0.221 e. The number of hydrogen-bond donors (Lipinski definition) is 1. The molecule has 1 atom stereocenters. The Bertz CT molecular complexity index is 645. The van der Waals surface area contributed by atoms with Crippen LogP contribution in [0.2, 0.25) is 0 Å². The van der Waals surface area contributed by atoms with Crippen molar-refractivity contribution in [3.63, 3.8) is 0 Å². The maximum absolute atomic E-state index is 12.3. The van der Waals surface area contributed by atoms with E-state index in [0.717, 1.165) is 57.4 Å². The second-order valence-electron chi connectivity index (χ2n) is 7.10. The van der Waals surface area contributed by atoms with E-state index in [1.165, 1.54) is 0 Å². The largest absolute Gasteiger partial charge is 0.468 e. The standard InChI is InChI=1S/C18H28N2O4S/c21-18(9-13-25(22,23)15-6-1-2-7-15)19-14-16(17-8-5-12-24-17)20-10-3-4-11-20/h5,8,12,15-16H,1-4,6-7,9-11,13-14H2,(H,19,21). The third kappa shape index (κ3) is 4.85. The minimum absolute atomic E-state index is 0.0212. The molecule has 0 aromatic carbocycles. The van der Waals surface area contributed by atoms with Crippen LogP contribution in [0.3, 0.4) is 0 Å². The van der Waals surface area contributed by atoms with Crippen molar-refractivity contribution >= 4 is 15.7 Å². The number of carbonyl (C=O) groups excluding carboxylic acids is 1. The molecule has 2 heterocycles. The average molecular weight is 368 g/mol. The molecule has 25 heavy (non-hydrogen) atoms. The number of carbonyl (C=O) groups is 1. The Labute approximate surface area is 149 Å². The number of likely N-dealkylation sites (tertiary alicyclic amines) is 1. The van der Waals surface area contributed by atoms with Gasteiger partial charge in [0.15, 0.2) is 9.84 Å². The first-order valence-corrected chi connectivity index (χ1v) is 11.0. The number of nitrogens with one attached hydrogen (secondary N) is 1. The van der Waals surface area contributed by atoms with Crippen molar-refractivity contribution in [3.8, 4) is 0 Å². The molecule has 0 spiro atoms. The highest BCUT2D eigenvalue weighted by atomic mass is 32.2. The van der Waals surface area contributed by atoms with Gasteiger partial charge in [-0.1, -0.05) is 12.8 Å². The van der Waals surface area contributed by atoms with Crippen LogP contribution in [-0.2, 0) is 14.6 Å². The van der Waals surface area contributed by atoms with Crippen LogP contribution in [0.1, 0.15) is 56.7 Å². The molecule has 0 bridgehead atoms. The molecule has 1 aliphatic carbocycles. The van der Waals surface area contributed by atoms with Gasteiger partial charge in [0.1, 0.15) is 5.76 Å². The van der Waals surface area contributed by atoms with E-state index in [2.05, 4.69) is 10.2 Å². The molecule has 1 aliphatic heterocycles. The van der Waals surface area contributed by atoms with E-state index in [1.54, 1.807) is 6.26 Å². The van der Waals surface area contributed by atoms with E-state index in [-0.39, 0.29) is 29.4 Å². The Kier molecular flexibility index (Phi) is 6.17. The van der Waals surface area contributed by atoms with Crippen molar-refractivity contribution in [1.82, 2.24) is 10.2 Å². The molecule has 1 amide bonds. The van der Waals surface area contributed by atoms with Crippen LogP contribution in [-0.4, -0.2) is 49.9 Å². The molecule has 1 aromatic rings. The van der Waals surface area contributed by atoms with Crippen LogP contribution in [0.5, 0.6) is 0 Å². The van der Waals surface area contributed by atoms with Crippen LogP contribution in [0, 0.1) is 0 Å². The van der Waals surface area contributed by atoms with E-state index in [4.69, 9.17) is 4.42 Å². The summed E-state index contributed by atoms with van der Waals surface area (Å²) in [4.78, 5) is 14.5. The van der Waals surface area contributed by atoms with Gasteiger partial charge in [0.05, 0.1) is 23.3 Å². The minimum atomic E-state index is -3.14. The summed E-state index contributed by atoms with van der Waals surface area (Å²) in [6.07, 6.45) is 7.47. The molecule has 6 nitrogen and oxygen atoms in total. The summed E-state index contributed by atoms with van der Waals surface area (Å²) in [7, 11) is -3.14. The van der Waals surface area contributed by atoms with Gasteiger partial charge in [-0.3, -0.25) is 9.69 Å². The summed E-state index contributed by atoms with van der Waals surface area (Å²) in [6.45, 7) is 2.45. The first-order chi connectivity index (χ1) is 12.1. The van der Waals surface area contributed by atoms with E-state index in [0.29, 0.717) is 6.54 Å². The van der Waals surface area contributed by atoms with E-state index < -0.39 is 9.84 Å². The fourth-order valence-corrected chi connectivity index (χ4v) is 5.75. The zero-order valence-electron chi connectivity index (χ0n) is 14.7. The molecule has 140 valence electrons. The van der Waals surface area contributed by atoms with Gasteiger partial charge in [-0.2, -0.15) is 0 Å². The lowest BCUT2D eigenvalue weighted by Crippen LogP contribution is -2.37. The summed E-state index contributed by atoms with van der Waals surface area (Å²) in [5, 5.41) is 2.67. The van der Waals surface area contributed by atoms with E-state index >= 15 is 0 Å². The van der Waals surface area contributed by atoms with Gasteiger partial charge in [-0.05, 0) is 50.9 Å². The highest BCUT2D eigenvalue weighted by Gasteiger charge is 2.29. The molecule has 1 saturated heterocycles. The second kappa shape index (κ2) is 8.36. The summed E-state index contributed by atoms with van der Waals surface area (Å²) in [5.41, 5.74) is 0. The number of sulfone groups is 1. The lowest BCUT2D eigenvalue weighted by Gasteiger charge is -2.26.